The average molecular weight is 420 g/mol. The second kappa shape index (κ2) is 9.27. The van der Waals surface area contributed by atoms with Gasteiger partial charge in [0.1, 0.15) is 0 Å². The summed E-state index contributed by atoms with van der Waals surface area (Å²) < 4.78 is 0. The summed E-state index contributed by atoms with van der Waals surface area (Å²) in [6.45, 7) is 12.4. The van der Waals surface area contributed by atoms with Crippen molar-refractivity contribution in [3.63, 3.8) is 0 Å². The standard InChI is InChI=1S/C27H25N5/c1-18-10-14-23(15-11-18)28-20(3)25-30-26(21(4)29-24-16-12-19(2)13-17-24)32-27(31-25)22-8-6-5-7-9-22/h5-17,28-29H,3-4H2,1-2H3. The first-order valence-corrected chi connectivity index (χ1v) is 10.4. The Labute approximate surface area is 188 Å². The third-order valence-electron chi connectivity index (χ3n) is 4.90. The van der Waals surface area contributed by atoms with Gasteiger partial charge in [-0.05, 0) is 38.1 Å². The molecule has 3 aromatic carbocycles. The molecule has 0 saturated heterocycles. The molecule has 5 heteroatoms. The highest BCUT2D eigenvalue weighted by Gasteiger charge is 2.14. The van der Waals surface area contributed by atoms with E-state index >= 15 is 0 Å². The molecule has 1 aromatic heterocycles. The van der Waals surface area contributed by atoms with Gasteiger partial charge in [0.25, 0.3) is 0 Å². The van der Waals surface area contributed by atoms with Crippen molar-refractivity contribution in [2.24, 2.45) is 0 Å². The molecule has 5 nitrogen and oxygen atoms in total. The molecule has 0 unspecified atom stereocenters. The summed E-state index contributed by atoms with van der Waals surface area (Å²) in [4.78, 5) is 14.0. The van der Waals surface area contributed by atoms with Crippen LogP contribution in [0.4, 0.5) is 11.4 Å². The number of aromatic nitrogens is 3. The molecule has 0 radical (unpaired) electrons. The molecule has 0 atom stereocenters. The second-order valence-electron chi connectivity index (χ2n) is 7.61. The zero-order valence-electron chi connectivity index (χ0n) is 18.3. The van der Waals surface area contributed by atoms with Gasteiger partial charge in [0.05, 0.1) is 11.4 Å². The maximum atomic E-state index is 4.67. The van der Waals surface area contributed by atoms with Gasteiger partial charge in [0.2, 0.25) is 0 Å². The van der Waals surface area contributed by atoms with Gasteiger partial charge in [-0.1, -0.05) is 78.9 Å². The van der Waals surface area contributed by atoms with E-state index in [2.05, 4.69) is 52.6 Å². The zero-order valence-corrected chi connectivity index (χ0v) is 18.3. The molecule has 1 heterocycles. The minimum Gasteiger partial charge on any atom is -0.353 e. The van der Waals surface area contributed by atoms with Crippen LogP contribution in [0.15, 0.2) is 92.0 Å². The molecule has 0 aliphatic rings. The molecule has 32 heavy (non-hydrogen) atoms. The van der Waals surface area contributed by atoms with Crippen LogP contribution in [0.2, 0.25) is 0 Å². The molecule has 158 valence electrons. The number of anilines is 2. The van der Waals surface area contributed by atoms with Gasteiger partial charge in [-0.25, -0.2) is 15.0 Å². The summed E-state index contributed by atoms with van der Waals surface area (Å²) in [5.41, 5.74) is 6.27. The van der Waals surface area contributed by atoms with Crippen LogP contribution >= 0.6 is 0 Å². The number of benzene rings is 3. The van der Waals surface area contributed by atoms with Crippen LogP contribution < -0.4 is 10.6 Å². The Morgan fingerprint density at radius 1 is 0.594 bits per heavy atom. The Balaban J connectivity index is 1.67. The third kappa shape index (κ3) is 5.08. The number of rotatable bonds is 7. The van der Waals surface area contributed by atoms with E-state index in [1.165, 1.54) is 11.1 Å². The normalized spacial score (nSPS) is 10.4. The van der Waals surface area contributed by atoms with Gasteiger partial charge in [0, 0.05) is 16.9 Å². The Morgan fingerprint density at radius 3 is 1.47 bits per heavy atom. The van der Waals surface area contributed by atoms with Crippen molar-refractivity contribution < 1.29 is 0 Å². The molecular weight excluding hydrogens is 394 g/mol. The first-order chi connectivity index (χ1) is 15.5. The van der Waals surface area contributed by atoms with Gasteiger partial charge in [0.15, 0.2) is 17.5 Å². The number of nitrogens with zero attached hydrogens (tertiary/aromatic N) is 3. The van der Waals surface area contributed by atoms with E-state index in [1.807, 2.05) is 78.9 Å². The summed E-state index contributed by atoms with van der Waals surface area (Å²) in [5, 5.41) is 6.58. The summed E-state index contributed by atoms with van der Waals surface area (Å²) in [7, 11) is 0. The van der Waals surface area contributed by atoms with Crippen LogP contribution in [-0.2, 0) is 0 Å². The van der Waals surface area contributed by atoms with Crippen molar-refractivity contribution in [3.8, 4) is 11.4 Å². The van der Waals surface area contributed by atoms with Gasteiger partial charge in [-0.15, -0.1) is 0 Å². The smallest absolute Gasteiger partial charge is 0.179 e. The van der Waals surface area contributed by atoms with E-state index in [0.717, 1.165) is 16.9 Å². The van der Waals surface area contributed by atoms with E-state index in [-0.39, 0.29) is 0 Å². The van der Waals surface area contributed by atoms with Crippen LogP contribution in [0, 0.1) is 13.8 Å². The predicted molar refractivity (Wildman–Crippen MR) is 133 cm³/mol. The summed E-state index contributed by atoms with van der Waals surface area (Å²) in [6.07, 6.45) is 0. The van der Waals surface area contributed by atoms with Crippen molar-refractivity contribution in [2.75, 3.05) is 10.6 Å². The Bertz CT molecular complexity index is 1170. The highest BCUT2D eigenvalue weighted by Crippen LogP contribution is 2.22. The van der Waals surface area contributed by atoms with Crippen molar-refractivity contribution in [1.29, 1.82) is 0 Å². The lowest BCUT2D eigenvalue weighted by atomic mass is 10.2. The highest BCUT2D eigenvalue weighted by molar-refractivity contribution is 5.76. The SMILES string of the molecule is C=C(Nc1ccc(C)cc1)c1nc(C(=C)Nc2ccc(C)cc2)nc(-c2ccccc2)n1. The largest absolute Gasteiger partial charge is 0.353 e. The van der Waals surface area contributed by atoms with Crippen LogP contribution in [0.1, 0.15) is 22.8 Å². The third-order valence-corrected chi connectivity index (χ3v) is 4.90. The maximum absolute atomic E-state index is 4.67. The first kappa shape index (κ1) is 21.0. The second-order valence-corrected chi connectivity index (χ2v) is 7.61. The fourth-order valence-electron chi connectivity index (χ4n) is 3.10. The quantitative estimate of drug-likeness (QED) is 0.367. The van der Waals surface area contributed by atoms with Crippen molar-refractivity contribution in [1.82, 2.24) is 15.0 Å². The fourth-order valence-corrected chi connectivity index (χ4v) is 3.10. The van der Waals surface area contributed by atoms with Crippen LogP contribution in [-0.4, -0.2) is 15.0 Å². The lowest BCUT2D eigenvalue weighted by Gasteiger charge is -2.14. The maximum Gasteiger partial charge on any atom is 0.179 e. The monoisotopic (exact) mass is 419 g/mol. The predicted octanol–water partition coefficient (Wildman–Crippen LogP) is 6.32. The van der Waals surface area contributed by atoms with Crippen LogP contribution in [0.25, 0.3) is 22.8 Å². The fraction of sp³-hybridized carbons (Fsp3) is 0.0741. The summed E-state index contributed by atoms with van der Waals surface area (Å²) in [6, 6.07) is 26.0. The molecule has 2 N–H and O–H groups in total. The van der Waals surface area contributed by atoms with Crippen molar-refractivity contribution in [3.05, 3.63) is 115 Å². The van der Waals surface area contributed by atoms with E-state index in [1.54, 1.807) is 0 Å². The van der Waals surface area contributed by atoms with E-state index < -0.39 is 0 Å². The van der Waals surface area contributed by atoms with Crippen LogP contribution in [0.5, 0.6) is 0 Å². The Morgan fingerprint density at radius 2 is 1.03 bits per heavy atom. The molecule has 4 rings (SSSR count). The van der Waals surface area contributed by atoms with E-state index in [4.69, 9.17) is 0 Å². The van der Waals surface area contributed by atoms with Gasteiger partial charge >= 0.3 is 0 Å². The molecule has 0 fully saturated rings. The van der Waals surface area contributed by atoms with Gasteiger partial charge < -0.3 is 10.6 Å². The summed E-state index contributed by atoms with van der Waals surface area (Å²) >= 11 is 0. The van der Waals surface area contributed by atoms with E-state index in [9.17, 15) is 0 Å². The molecule has 0 aliphatic heterocycles. The highest BCUT2D eigenvalue weighted by atomic mass is 15.1. The lowest BCUT2D eigenvalue weighted by molar-refractivity contribution is 0.997. The van der Waals surface area contributed by atoms with E-state index in [0.29, 0.717) is 28.9 Å². The Kier molecular flexibility index (Phi) is 6.08. The van der Waals surface area contributed by atoms with Gasteiger partial charge in [-0.3, -0.25) is 0 Å². The number of hydrogen-bond donors (Lipinski definition) is 2. The van der Waals surface area contributed by atoms with Crippen LogP contribution in [0.3, 0.4) is 0 Å². The molecular formula is C27H25N5. The van der Waals surface area contributed by atoms with Crippen molar-refractivity contribution in [2.45, 2.75) is 13.8 Å². The molecule has 0 amide bonds. The minimum atomic E-state index is 0.460. The molecule has 0 bridgehead atoms. The van der Waals surface area contributed by atoms with Gasteiger partial charge in [-0.2, -0.15) is 0 Å². The van der Waals surface area contributed by atoms with Crippen molar-refractivity contribution >= 4 is 22.8 Å². The lowest BCUT2D eigenvalue weighted by Crippen LogP contribution is -2.10. The molecule has 0 aliphatic carbocycles. The molecule has 4 aromatic rings. The number of nitrogens with one attached hydrogen (secondary N) is 2. The number of hydrogen-bond acceptors (Lipinski definition) is 5. The average Bonchev–Trinajstić information content (AvgIpc) is 2.82. The first-order valence-electron chi connectivity index (χ1n) is 10.4. The minimum absolute atomic E-state index is 0.460. The number of aryl methyl sites for hydroxylation is 2. The Hall–Kier alpha value is -4.25. The molecule has 0 spiro atoms. The molecule has 0 saturated carbocycles. The topological polar surface area (TPSA) is 62.7 Å². The zero-order chi connectivity index (χ0) is 22.5. The summed E-state index contributed by atoms with van der Waals surface area (Å²) in [5.74, 6) is 1.48.